The molecule has 2 amide bonds. The predicted octanol–water partition coefficient (Wildman–Crippen LogP) is 2.26. The normalized spacial score (nSPS) is 29.8. The van der Waals surface area contributed by atoms with E-state index in [0.717, 1.165) is 12.1 Å². The summed E-state index contributed by atoms with van der Waals surface area (Å²) >= 11 is 0. The molecule has 1 aromatic rings. The summed E-state index contributed by atoms with van der Waals surface area (Å²) in [5.74, 6) is 1.20. The van der Waals surface area contributed by atoms with E-state index in [2.05, 4.69) is 10.6 Å². The second-order valence-electron chi connectivity index (χ2n) is 7.62. The highest BCUT2D eigenvalue weighted by Crippen LogP contribution is 2.34. The molecule has 7 heteroatoms. The number of benzene rings is 1. The largest absolute Gasteiger partial charge is 0.495 e. The minimum atomic E-state index is -0.447. The van der Waals surface area contributed by atoms with Gasteiger partial charge in [0.2, 0.25) is 11.8 Å². The van der Waals surface area contributed by atoms with Gasteiger partial charge in [-0.1, -0.05) is 25.0 Å². The highest BCUT2D eigenvalue weighted by atomic mass is 35.5. The number of ether oxygens (including phenoxy) is 1. The lowest BCUT2D eigenvalue weighted by Crippen LogP contribution is -2.49. The maximum absolute atomic E-state index is 12.8. The molecule has 6 nitrogen and oxygen atoms in total. The van der Waals surface area contributed by atoms with Gasteiger partial charge in [0.25, 0.3) is 0 Å². The summed E-state index contributed by atoms with van der Waals surface area (Å²) in [4.78, 5) is 27.2. The van der Waals surface area contributed by atoms with E-state index >= 15 is 0 Å². The van der Waals surface area contributed by atoms with E-state index < -0.39 is 6.04 Å². The second-order valence-corrected chi connectivity index (χ2v) is 7.62. The number of fused-ring (bicyclic) bond motifs is 1. The van der Waals surface area contributed by atoms with Crippen LogP contribution < -0.4 is 20.3 Å². The zero-order chi connectivity index (χ0) is 18.1. The monoisotopic (exact) mass is 393 g/mol. The van der Waals surface area contributed by atoms with E-state index in [0.29, 0.717) is 30.7 Å². The van der Waals surface area contributed by atoms with Gasteiger partial charge in [-0.2, -0.15) is 0 Å². The molecule has 2 aliphatic heterocycles. The van der Waals surface area contributed by atoms with Crippen LogP contribution in [-0.4, -0.2) is 43.6 Å². The van der Waals surface area contributed by atoms with Gasteiger partial charge in [-0.3, -0.25) is 9.59 Å². The van der Waals surface area contributed by atoms with Crippen LogP contribution >= 0.6 is 12.4 Å². The van der Waals surface area contributed by atoms with Gasteiger partial charge < -0.3 is 20.3 Å². The fourth-order valence-corrected chi connectivity index (χ4v) is 4.70. The average molecular weight is 394 g/mol. The molecule has 0 spiro atoms. The zero-order valence-corrected chi connectivity index (χ0v) is 16.5. The summed E-state index contributed by atoms with van der Waals surface area (Å²) in [6.07, 6.45) is 6.42. The summed E-state index contributed by atoms with van der Waals surface area (Å²) in [7, 11) is 1.60. The topological polar surface area (TPSA) is 70.7 Å². The van der Waals surface area contributed by atoms with Crippen molar-refractivity contribution >= 4 is 29.9 Å². The maximum Gasteiger partial charge on any atom is 0.249 e. The van der Waals surface area contributed by atoms with Gasteiger partial charge in [-0.05, 0) is 43.7 Å². The van der Waals surface area contributed by atoms with Crippen LogP contribution in [0.3, 0.4) is 0 Å². The minimum Gasteiger partial charge on any atom is -0.495 e. The highest BCUT2D eigenvalue weighted by molar-refractivity contribution is 6.02. The van der Waals surface area contributed by atoms with E-state index in [4.69, 9.17) is 4.74 Å². The van der Waals surface area contributed by atoms with Crippen molar-refractivity contribution < 1.29 is 14.3 Å². The Hall–Kier alpha value is -1.79. The van der Waals surface area contributed by atoms with Crippen molar-refractivity contribution in [3.63, 3.8) is 0 Å². The number of amides is 2. The molecule has 1 aromatic carbocycles. The number of anilines is 1. The minimum absolute atomic E-state index is 0. The van der Waals surface area contributed by atoms with Gasteiger partial charge in [0, 0.05) is 12.6 Å². The number of halogens is 1. The quantitative estimate of drug-likeness (QED) is 0.823. The number of nitrogens with one attached hydrogen (secondary N) is 2. The van der Waals surface area contributed by atoms with Crippen LogP contribution in [0.5, 0.6) is 5.75 Å². The van der Waals surface area contributed by atoms with Crippen LogP contribution in [0.4, 0.5) is 5.69 Å². The van der Waals surface area contributed by atoms with Crippen LogP contribution in [0.15, 0.2) is 24.3 Å². The number of hydrogen-bond acceptors (Lipinski definition) is 4. The summed E-state index contributed by atoms with van der Waals surface area (Å²) in [5.41, 5.74) is 0.766. The molecule has 2 N–H and O–H groups in total. The van der Waals surface area contributed by atoms with Gasteiger partial charge in [-0.15, -0.1) is 12.4 Å². The van der Waals surface area contributed by atoms with Crippen LogP contribution in [-0.2, 0) is 9.59 Å². The molecule has 0 radical (unpaired) electrons. The third-order valence-corrected chi connectivity index (χ3v) is 6.08. The standard InChI is InChI=1S/C20H27N3O3.ClH/c1-26-18-9-5-4-8-17(18)23-11-10-15(20(23)25)22-19(24)16-12-13-6-2-3-7-14(13)21-16;/h4-5,8-9,13-16,21H,2-3,6-7,10-12H2,1H3,(H,22,24);1H. The van der Waals surface area contributed by atoms with Crippen molar-refractivity contribution in [2.45, 2.75) is 56.7 Å². The van der Waals surface area contributed by atoms with Crippen molar-refractivity contribution in [2.24, 2.45) is 5.92 Å². The van der Waals surface area contributed by atoms with E-state index in [9.17, 15) is 9.59 Å². The Labute approximate surface area is 166 Å². The maximum atomic E-state index is 12.8. The SMILES string of the molecule is COc1ccccc1N1CCC(NC(=O)C2CC3CCCCC3N2)C1=O.Cl. The Morgan fingerprint density at radius 2 is 2.00 bits per heavy atom. The lowest BCUT2D eigenvalue weighted by molar-refractivity contribution is -0.127. The first-order valence-electron chi connectivity index (χ1n) is 9.68. The predicted molar refractivity (Wildman–Crippen MR) is 106 cm³/mol. The molecule has 1 aliphatic carbocycles. The van der Waals surface area contributed by atoms with Gasteiger partial charge >= 0.3 is 0 Å². The molecule has 4 unspecified atom stereocenters. The van der Waals surface area contributed by atoms with Crippen LogP contribution in [0.25, 0.3) is 0 Å². The number of rotatable bonds is 4. The summed E-state index contributed by atoms with van der Waals surface area (Å²) < 4.78 is 5.37. The average Bonchev–Trinajstić information content (AvgIpc) is 3.26. The third-order valence-electron chi connectivity index (χ3n) is 6.08. The van der Waals surface area contributed by atoms with E-state index in [1.165, 1.54) is 25.7 Å². The molecule has 27 heavy (non-hydrogen) atoms. The second kappa shape index (κ2) is 8.48. The molecule has 3 aliphatic rings. The summed E-state index contributed by atoms with van der Waals surface area (Å²) in [5, 5.41) is 6.47. The van der Waals surface area contributed by atoms with Gasteiger partial charge in [0.05, 0.1) is 18.8 Å². The van der Waals surface area contributed by atoms with Crippen LogP contribution in [0, 0.1) is 5.92 Å². The van der Waals surface area contributed by atoms with Crippen molar-refractivity contribution in [1.82, 2.24) is 10.6 Å². The summed E-state index contributed by atoms with van der Waals surface area (Å²) in [6, 6.07) is 7.37. The van der Waals surface area contributed by atoms with Crippen molar-refractivity contribution in [1.29, 1.82) is 0 Å². The van der Waals surface area contributed by atoms with Crippen LogP contribution in [0.2, 0.25) is 0 Å². The molecule has 2 saturated heterocycles. The molecule has 0 aromatic heterocycles. The molecular weight excluding hydrogens is 366 g/mol. The molecule has 4 rings (SSSR count). The smallest absolute Gasteiger partial charge is 0.249 e. The number of nitrogens with zero attached hydrogens (tertiary/aromatic N) is 1. The molecule has 4 atom stereocenters. The van der Waals surface area contributed by atoms with E-state index in [1.807, 2.05) is 24.3 Å². The number of carbonyl (C=O) groups excluding carboxylic acids is 2. The Balaban J connectivity index is 0.00000210. The Morgan fingerprint density at radius 1 is 1.22 bits per heavy atom. The van der Waals surface area contributed by atoms with Crippen molar-refractivity contribution in [3.8, 4) is 5.75 Å². The lowest BCUT2D eigenvalue weighted by atomic mass is 9.85. The fourth-order valence-electron chi connectivity index (χ4n) is 4.70. The van der Waals surface area contributed by atoms with Crippen molar-refractivity contribution in [2.75, 3.05) is 18.6 Å². The number of para-hydroxylation sites is 2. The number of carbonyl (C=O) groups is 2. The number of hydrogen-bond donors (Lipinski definition) is 2. The van der Waals surface area contributed by atoms with Crippen molar-refractivity contribution in [3.05, 3.63) is 24.3 Å². The first-order valence-corrected chi connectivity index (χ1v) is 9.68. The third kappa shape index (κ3) is 3.92. The fraction of sp³-hybridized carbons (Fsp3) is 0.600. The highest BCUT2D eigenvalue weighted by Gasteiger charge is 2.41. The summed E-state index contributed by atoms with van der Waals surface area (Å²) in [6.45, 7) is 0.591. The van der Waals surface area contributed by atoms with Gasteiger partial charge in [0.15, 0.2) is 0 Å². The van der Waals surface area contributed by atoms with Gasteiger partial charge in [0.1, 0.15) is 11.8 Å². The molecule has 1 saturated carbocycles. The Kier molecular flexibility index (Phi) is 6.27. The molecule has 2 heterocycles. The van der Waals surface area contributed by atoms with Gasteiger partial charge in [-0.25, -0.2) is 0 Å². The van der Waals surface area contributed by atoms with Crippen LogP contribution in [0.1, 0.15) is 38.5 Å². The van der Waals surface area contributed by atoms with E-state index in [-0.39, 0.29) is 30.3 Å². The Bertz CT molecular complexity index is 685. The first-order chi connectivity index (χ1) is 12.7. The molecule has 3 fully saturated rings. The Morgan fingerprint density at radius 3 is 2.78 bits per heavy atom. The lowest BCUT2D eigenvalue weighted by Gasteiger charge is -2.24. The zero-order valence-electron chi connectivity index (χ0n) is 15.6. The van der Waals surface area contributed by atoms with E-state index in [1.54, 1.807) is 12.0 Å². The first kappa shape index (κ1) is 20.0. The molecule has 0 bridgehead atoms. The molecule has 148 valence electrons. The number of methoxy groups -OCH3 is 1. The molecular formula is C20H28ClN3O3.